The summed E-state index contributed by atoms with van der Waals surface area (Å²) < 4.78 is 64.9. The summed E-state index contributed by atoms with van der Waals surface area (Å²) in [5.74, 6) is 0. The van der Waals surface area contributed by atoms with Gasteiger partial charge in [-0.05, 0) is 44.5 Å². The van der Waals surface area contributed by atoms with Crippen molar-refractivity contribution in [1.82, 2.24) is 10.0 Å². The Morgan fingerprint density at radius 3 is 2.59 bits per heavy atom. The Hall–Kier alpha value is -0.830. The van der Waals surface area contributed by atoms with Crippen LogP contribution in [-0.4, -0.2) is 27.0 Å². The van der Waals surface area contributed by atoms with Gasteiger partial charge in [-0.25, -0.2) is 13.1 Å². The highest BCUT2D eigenvalue weighted by atomic mass is 35.5. The maximum absolute atomic E-state index is 12.6. The topological polar surface area (TPSA) is 58.2 Å². The van der Waals surface area contributed by atoms with Gasteiger partial charge in [0.1, 0.15) is 4.90 Å². The maximum atomic E-state index is 12.6. The summed E-state index contributed by atoms with van der Waals surface area (Å²) >= 11 is 5.74. The molecule has 124 valence electrons. The van der Waals surface area contributed by atoms with Crippen LogP contribution in [0.5, 0.6) is 0 Å². The molecular formula is C13H16ClF3N2O2S. The molecule has 4 nitrogen and oxygen atoms in total. The van der Waals surface area contributed by atoms with E-state index in [9.17, 15) is 21.6 Å². The predicted molar refractivity (Wildman–Crippen MR) is 77.3 cm³/mol. The molecule has 0 spiro atoms. The molecule has 0 bridgehead atoms. The summed E-state index contributed by atoms with van der Waals surface area (Å²) in [6, 6.07) is 1.84. The fraction of sp³-hybridized carbons (Fsp3) is 0.538. The number of rotatable bonds is 3. The molecule has 1 heterocycles. The number of sulfonamides is 1. The summed E-state index contributed by atoms with van der Waals surface area (Å²) in [5.41, 5.74) is -0.982. The Balaban J connectivity index is 2.26. The van der Waals surface area contributed by atoms with Crippen LogP contribution in [0, 0.1) is 0 Å². The molecule has 0 aromatic heterocycles. The number of benzene rings is 1. The summed E-state index contributed by atoms with van der Waals surface area (Å²) in [4.78, 5) is -0.347. The first-order valence-corrected chi connectivity index (χ1v) is 8.60. The van der Waals surface area contributed by atoms with E-state index in [1.165, 1.54) is 0 Å². The van der Waals surface area contributed by atoms with Crippen molar-refractivity contribution in [2.45, 2.75) is 42.9 Å². The highest BCUT2D eigenvalue weighted by Gasteiger charge is 2.33. The summed E-state index contributed by atoms with van der Waals surface area (Å²) in [5, 5.41) is 2.70. The molecule has 1 aliphatic heterocycles. The second-order valence-corrected chi connectivity index (χ2v) is 7.35. The van der Waals surface area contributed by atoms with Crippen molar-refractivity contribution in [3.63, 3.8) is 0 Å². The Kier molecular flexibility index (Phi) is 5.06. The molecule has 1 aliphatic rings. The molecule has 1 aromatic rings. The minimum absolute atomic E-state index is 0.0586. The van der Waals surface area contributed by atoms with Crippen LogP contribution in [0.15, 0.2) is 23.1 Å². The van der Waals surface area contributed by atoms with Gasteiger partial charge in [-0.1, -0.05) is 11.6 Å². The normalized spacial score (nSPS) is 23.5. The Morgan fingerprint density at radius 2 is 2.05 bits per heavy atom. The van der Waals surface area contributed by atoms with Crippen molar-refractivity contribution < 1.29 is 21.6 Å². The van der Waals surface area contributed by atoms with Gasteiger partial charge >= 0.3 is 6.18 Å². The molecular weight excluding hydrogens is 341 g/mol. The molecule has 0 aliphatic carbocycles. The molecule has 2 rings (SSSR count). The minimum Gasteiger partial charge on any atom is -0.313 e. The molecule has 2 unspecified atom stereocenters. The molecule has 1 fully saturated rings. The molecule has 0 radical (unpaired) electrons. The lowest BCUT2D eigenvalue weighted by Gasteiger charge is -2.30. The van der Waals surface area contributed by atoms with Crippen molar-refractivity contribution in [3.05, 3.63) is 28.8 Å². The van der Waals surface area contributed by atoms with Crippen molar-refractivity contribution in [3.8, 4) is 0 Å². The Bertz CT molecular complexity index is 649. The fourth-order valence-corrected chi connectivity index (χ4v) is 4.26. The van der Waals surface area contributed by atoms with Crippen molar-refractivity contribution in [2.24, 2.45) is 0 Å². The van der Waals surface area contributed by atoms with Crippen LogP contribution in [-0.2, 0) is 16.2 Å². The molecule has 22 heavy (non-hydrogen) atoms. The standard InChI is InChI=1S/C13H16ClF3N2O2S/c1-8-11(3-2-6-18-8)19-22(20,21)12-5-4-9(7-10(12)14)13(15,16)17/h4-5,7-8,11,18-19H,2-3,6H2,1H3. The third kappa shape index (κ3) is 3.92. The average molecular weight is 357 g/mol. The molecule has 1 saturated heterocycles. The van der Waals surface area contributed by atoms with Crippen LogP contribution in [0.2, 0.25) is 5.02 Å². The zero-order valence-corrected chi connectivity index (χ0v) is 13.3. The van der Waals surface area contributed by atoms with Crippen LogP contribution in [0.3, 0.4) is 0 Å². The van der Waals surface area contributed by atoms with Crippen LogP contribution < -0.4 is 10.0 Å². The zero-order valence-electron chi connectivity index (χ0n) is 11.7. The van der Waals surface area contributed by atoms with E-state index in [1.54, 1.807) is 0 Å². The number of alkyl halides is 3. The molecule has 2 atom stereocenters. The molecule has 9 heteroatoms. The minimum atomic E-state index is -4.57. The van der Waals surface area contributed by atoms with Gasteiger partial charge in [-0.15, -0.1) is 0 Å². The van der Waals surface area contributed by atoms with Gasteiger partial charge in [-0.3, -0.25) is 0 Å². The van der Waals surface area contributed by atoms with E-state index in [0.717, 1.165) is 19.0 Å². The second-order valence-electron chi connectivity index (χ2n) is 5.26. The average Bonchev–Trinajstić information content (AvgIpc) is 2.40. The molecule has 1 aromatic carbocycles. The van der Waals surface area contributed by atoms with Gasteiger partial charge in [0.2, 0.25) is 10.0 Å². The SMILES string of the molecule is CC1NCCCC1NS(=O)(=O)c1ccc(C(F)(F)F)cc1Cl. The van der Waals surface area contributed by atoms with Crippen molar-refractivity contribution >= 4 is 21.6 Å². The lowest BCUT2D eigenvalue weighted by atomic mass is 10.0. The molecule has 0 amide bonds. The highest BCUT2D eigenvalue weighted by Crippen LogP contribution is 2.33. The van der Waals surface area contributed by atoms with E-state index < -0.39 is 26.8 Å². The number of piperidine rings is 1. The van der Waals surface area contributed by atoms with E-state index in [0.29, 0.717) is 18.6 Å². The van der Waals surface area contributed by atoms with Crippen molar-refractivity contribution in [1.29, 1.82) is 0 Å². The Labute approximate surface area is 132 Å². The maximum Gasteiger partial charge on any atom is 0.416 e. The largest absolute Gasteiger partial charge is 0.416 e. The summed E-state index contributed by atoms with van der Waals surface area (Å²) in [6.45, 7) is 2.65. The number of hydrogen-bond acceptors (Lipinski definition) is 3. The quantitative estimate of drug-likeness (QED) is 0.875. The third-order valence-corrected chi connectivity index (χ3v) is 5.59. The number of hydrogen-bond donors (Lipinski definition) is 2. The van der Waals surface area contributed by atoms with Gasteiger partial charge in [-0.2, -0.15) is 13.2 Å². The first-order chi connectivity index (χ1) is 10.1. The van der Waals surface area contributed by atoms with Crippen LogP contribution in [0.1, 0.15) is 25.3 Å². The lowest BCUT2D eigenvalue weighted by molar-refractivity contribution is -0.137. The van der Waals surface area contributed by atoms with Gasteiger partial charge < -0.3 is 5.32 Å². The first kappa shape index (κ1) is 17.5. The monoisotopic (exact) mass is 356 g/mol. The second kappa shape index (κ2) is 6.35. The number of halogens is 4. The van der Waals surface area contributed by atoms with E-state index >= 15 is 0 Å². The smallest absolute Gasteiger partial charge is 0.313 e. The molecule has 0 saturated carbocycles. The van der Waals surface area contributed by atoms with E-state index in [-0.39, 0.29) is 17.0 Å². The van der Waals surface area contributed by atoms with Gasteiger partial charge in [0.05, 0.1) is 10.6 Å². The Morgan fingerprint density at radius 1 is 1.36 bits per heavy atom. The van der Waals surface area contributed by atoms with E-state index in [2.05, 4.69) is 10.0 Å². The highest BCUT2D eigenvalue weighted by molar-refractivity contribution is 7.89. The number of nitrogens with one attached hydrogen (secondary N) is 2. The fourth-order valence-electron chi connectivity index (χ4n) is 2.36. The van der Waals surface area contributed by atoms with Crippen LogP contribution >= 0.6 is 11.6 Å². The van der Waals surface area contributed by atoms with Gasteiger partial charge in [0.25, 0.3) is 0 Å². The van der Waals surface area contributed by atoms with Crippen molar-refractivity contribution in [2.75, 3.05) is 6.54 Å². The first-order valence-electron chi connectivity index (χ1n) is 6.74. The molecule has 2 N–H and O–H groups in total. The van der Waals surface area contributed by atoms with E-state index in [4.69, 9.17) is 11.6 Å². The van der Waals surface area contributed by atoms with Crippen LogP contribution in [0.25, 0.3) is 0 Å². The predicted octanol–water partition coefficient (Wildman–Crippen LogP) is 2.78. The van der Waals surface area contributed by atoms with Crippen LogP contribution in [0.4, 0.5) is 13.2 Å². The van der Waals surface area contributed by atoms with Gasteiger partial charge in [0, 0.05) is 12.1 Å². The zero-order chi connectivity index (χ0) is 16.5. The third-order valence-electron chi connectivity index (χ3n) is 3.62. The summed E-state index contributed by atoms with van der Waals surface area (Å²) in [7, 11) is -3.98. The van der Waals surface area contributed by atoms with Gasteiger partial charge in [0.15, 0.2) is 0 Å². The lowest BCUT2D eigenvalue weighted by Crippen LogP contribution is -2.51. The summed E-state index contributed by atoms with van der Waals surface area (Å²) in [6.07, 6.45) is -3.09. The van der Waals surface area contributed by atoms with E-state index in [1.807, 2.05) is 6.92 Å².